The van der Waals surface area contributed by atoms with Gasteiger partial charge in [0.15, 0.2) is 0 Å². The van der Waals surface area contributed by atoms with Crippen molar-refractivity contribution in [2.24, 2.45) is 0 Å². The summed E-state index contributed by atoms with van der Waals surface area (Å²) in [6, 6.07) is 56.2. The fourth-order valence-electron chi connectivity index (χ4n) is 9.21. The first kappa shape index (κ1) is 27.6. The minimum atomic E-state index is 0.314. The number of nitrogens with zero attached hydrogens (tertiary/aromatic N) is 2. The number of allylic oxidation sites excluding steroid dienone is 1. The Kier molecular flexibility index (Phi) is 5.52. The minimum Gasteiger partial charge on any atom is -0.310 e. The van der Waals surface area contributed by atoms with Crippen molar-refractivity contribution in [1.29, 1.82) is 0 Å². The lowest BCUT2D eigenvalue weighted by molar-refractivity contribution is 0.827. The van der Waals surface area contributed by atoms with Gasteiger partial charge in [0.05, 0.1) is 16.6 Å². The molecule has 2 aliphatic carbocycles. The highest BCUT2D eigenvalue weighted by molar-refractivity contribution is 7.23. The molecule has 2 aliphatic rings. The van der Waals surface area contributed by atoms with Gasteiger partial charge in [-0.05, 0) is 94.6 Å². The zero-order chi connectivity index (χ0) is 33.2. The highest BCUT2D eigenvalue weighted by Crippen LogP contribution is 2.54. The van der Waals surface area contributed by atoms with E-state index in [-0.39, 0.29) is 0 Å². The molecule has 7 aromatic carbocycles. The fourth-order valence-corrected chi connectivity index (χ4v) is 10.4. The number of fused-ring (bicyclic) bond motifs is 11. The van der Waals surface area contributed by atoms with Crippen LogP contribution in [0.25, 0.3) is 92.6 Å². The van der Waals surface area contributed by atoms with Crippen molar-refractivity contribution in [3.8, 4) is 32.9 Å². The standard InChI is InChI=1S/C48H30N2S/c1-4-16-41-34(11-1)35-12-2-5-17-42(35)49(41)32-21-23-33(24-22-32)50-43-18-6-3-13-36(43)39-27-30(19-25-44(39)50)31-20-26-45-40(28-31)47-37-14-7-9-29-10-8-15-38(46(29)37)48(47)51-45/h1-26,28,30H,27H2. The van der Waals surface area contributed by atoms with Gasteiger partial charge in [0, 0.05) is 65.2 Å². The van der Waals surface area contributed by atoms with Gasteiger partial charge in [-0.25, -0.2) is 0 Å². The lowest BCUT2D eigenvalue weighted by Gasteiger charge is -2.20. The third-order valence-corrected chi connectivity index (χ3v) is 12.6. The second-order valence-electron chi connectivity index (χ2n) is 14.0. The molecule has 12 rings (SSSR count). The van der Waals surface area contributed by atoms with E-state index in [4.69, 9.17) is 0 Å². The van der Waals surface area contributed by atoms with Crippen LogP contribution < -0.4 is 0 Å². The normalized spacial score (nSPS) is 14.7. The van der Waals surface area contributed by atoms with Gasteiger partial charge in [0.25, 0.3) is 0 Å². The Hall–Kier alpha value is -6.16. The number of rotatable bonds is 3. The van der Waals surface area contributed by atoms with E-state index in [1.165, 1.54) is 103 Å². The largest absolute Gasteiger partial charge is 0.310 e. The fraction of sp³-hybridized carbons (Fsp3) is 0.0417. The maximum Gasteiger partial charge on any atom is 0.0541 e. The molecule has 1 unspecified atom stereocenters. The van der Waals surface area contributed by atoms with Crippen molar-refractivity contribution in [2.45, 2.75) is 12.3 Å². The topological polar surface area (TPSA) is 9.86 Å². The summed E-state index contributed by atoms with van der Waals surface area (Å²) < 4.78 is 6.22. The molecule has 1 atom stereocenters. The van der Waals surface area contributed by atoms with Crippen LogP contribution in [0.4, 0.5) is 0 Å². The van der Waals surface area contributed by atoms with Crippen LogP contribution in [0.1, 0.15) is 22.7 Å². The summed E-state index contributed by atoms with van der Waals surface area (Å²) >= 11 is 1.94. The molecule has 0 bridgehead atoms. The first-order valence-corrected chi connectivity index (χ1v) is 18.6. The van der Waals surface area contributed by atoms with Crippen LogP contribution in [0, 0.1) is 0 Å². The molecule has 3 heterocycles. The first-order valence-electron chi connectivity index (χ1n) is 17.8. The second-order valence-corrected chi connectivity index (χ2v) is 15.1. The average Bonchev–Trinajstić information content (AvgIpc) is 3.92. The molecule has 238 valence electrons. The minimum absolute atomic E-state index is 0.314. The molecule has 0 fully saturated rings. The molecule has 0 radical (unpaired) electrons. The summed E-state index contributed by atoms with van der Waals surface area (Å²) in [5.41, 5.74) is 14.4. The molecule has 2 nitrogen and oxygen atoms in total. The van der Waals surface area contributed by atoms with E-state index in [2.05, 4.69) is 173 Å². The zero-order valence-corrected chi connectivity index (χ0v) is 28.5. The molecule has 51 heavy (non-hydrogen) atoms. The van der Waals surface area contributed by atoms with Gasteiger partial charge in [0.1, 0.15) is 0 Å². The number of hydrogen-bond acceptors (Lipinski definition) is 1. The second kappa shape index (κ2) is 10.2. The monoisotopic (exact) mass is 666 g/mol. The zero-order valence-electron chi connectivity index (χ0n) is 27.7. The summed E-state index contributed by atoms with van der Waals surface area (Å²) in [6.07, 6.45) is 5.79. The van der Waals surface area contributed by atoms with Gasteiger partial charge in [-0.2, -0.15) is 0 Å². The third kappa shape index (κ3) is 3.76. The van der Waals surface area contributed by atoms with Crippen molar-refractivity contribution in [2.75, 3.05) is 0 Å². The van der Waals surface area contributed by atoms with Crippen LogP contribution in [0.5, 0.6) is 0 Å². The predicted octanol–water partition coefficient (Wildman–Crippen LogP) is 13.1. The van der Waals surface area contributed by atoms with Crippen LogP contribution in [-0.2, 0) is 6.42 Å². The predicted molar refractivity (Wildman–Crippen MR) is 217 cm³/mol. The van der Waals surface area contributed by atoms with Gasteiger partial charge < -0.3 is 9.13 Å². The van der Waals surface area contributed by atoms with Gasteiger partial charge in [0.2, 0.25) is 0 Å². The molecule has 10 aromatic rings. The van der Waals surface area contributed by atoms with E-state index in [9.17, 15) is 0 Å². The smallest absolute Gasteiger partial charge is 0.0541 e. The van der Waals surface area contributed by atoms with E-state index >= 15 is 0 Å². The van der Waals surface area contributed by atoms with Crippen molar-refractivity contribution in [3.63, 3.8) is 0 Å². The van der Waals surface area contributed by atoms with Gasteiger partial charge in [-0.3, -0.25) is 0 Å². The number of thiophene rings is 1. The van der Waals surface area contributed by atoms with Crippen molar-refractivity contribution in [3.05, 3.63) is 175 Å². The maximum absolute atomic E-state index is 2.49. The van der Waals surface area contributed by atoms with Gasteiger partial charge >= 0.3 is 0 Å². The van der Waals surface area contributed by atoms with Crippen molar-refractivity contribution in [1.82, 2.24) is 9.13 Å². The Morgan fingerprint density at radius 3 is 1.88 bits per heavy atom. The molecule has 0 N–H and O–H groups in total. The highest BCUT2D eigenvalue weighted by Gasteiger charge is 2.28. The Balaban J connectivity index is 0.952. The highest BCUT2D eigenvalue weighted by atomic mass is 32.1. The van der Waals surface area contributed by atoms with Crippen LogP contribution in [0.2, 0.25) is 0 Å². The summed E-state index contributed by atoms with van der Waals surface area (Å²) in [5.74, 6) is 0.314. The molecule has 0 aliphatic heterocycles. The molecule has 3 heteroatoms. The van der Waals surface area contributed by atoms with Crippen LogP contribution in [0.3, 0.4) is 0 Å². The summed E-state index contributed by atoms with van der Waals surface area (Å²) in [5, 5.41) is 8.04. The van der Waals surface area contributed by atoms with E-state index in [0.29, 0.717) is 5.92 Å². The van der Waals surface area contributed by atoms with Crippen LogP contribution >= 0.6 is 11.3 Å². The van der Waals surface area contributed by atoms with Crippen LogP contribution in [0.15, 0.2) is 158 Å². The Labute approximate surface area is 298 Å². The van der Waals surface area contributed by atoms with Crippen molar-refractivity contribution < 1.29 is 0 Å². The quantitative estimate of drug-likeness (QED) is 0.178. The molecule has 0 saturated carbocycles. The lowest BCUT2D eigenvalue weighted by atomic mass is 9.86. The van der Waals surface area contributed by atoms with E-state index in [1.54, 1.807) is 0 Å². The Morgan fingerprint density at radius 1 is 0.529 bits per heavy atom. The third-order valence-electron chi connectivity index (χ3n) is 11.4. The average molecular weight is 667 g/mol. The molecule has 0 amide bonds. The molecular weight excluding hydrogens is 637 g/mol. The first-order chi connectivity index (χ1) is 25.3. The lowest BCUT2D eigenvalue weighted by Crippen LogP contribution is -2.07. The molecule has 0 saturated heterocycles. The number of benzene rings is 7. The van der Waals surface area contributed by atoms with Gasteiger partial charge in [-0.15, -0.1) is 11.3 Å². The van der Waals surface area contributed by atoms with E-state index < -0.39 is 0 Å². The Bertz CT molecular complexity index is 3050. The summed E-state index contributed by atoms with van der Waals surface area (Å²) in [6.45, 7) is 0. The Morgan fingerprint density at radius 2 is 1.16 bits per heavy atom. The SMILES string of the molecule is C1=CC(c2ccc3sc4c(c3c2)-c2cccc3cccc-4c23)Cc2c1n(-c1ccc(-n3c4ccccc4c4ccccc43)cc1)c1ccccc21. The van der Waals surface area contributed by atoms with E-state index in [0.717, 1.165) is 6.42 Å². The number of aromatic nitrogens is 2. The van der Waals surface area contributed by atoms with Crippen LogP contribution in [-0.4, -0.2) is 9.13 Å². The van der Waals surface area contributed by atoms with E-state index in [1.807, 2.05) is 11.3 Å². The summed E-state index contributed by atoms with van der Waals surface area (Å²) in [4.78, 5) is 1.42. The number of para-hydroxylation sites is 3. The number of hydrogen-bond donors (Lipinski definition) is 0. The molecule has 0 spiro atoms. The summed E-state index contributed by atoms with van der Waals surface area (Å²) in [7, 11) is 0. The van der Waals surface area contributed by atoms with Crippen molar-refractivity contribution >= 4 is 71.0 Å². The molecule has 3 aromatic heterocycles. The molecular formula is C48H30N2S. The maximum atomic E-state index is 2.49. The van der Waals surface area contributed by atoms with Gasteiger partial charge in [-0.1, -0.05) is 103 Å².